The minimum absolute atomic E-state index is 0.0241. The number of halogens is 1. The minimum Gasteiger partial charge on any atom is -0.496 e. The Morgan fingerprint density at radius 2 is 1.93 bits per heavy atom. The molecule has 6 rings (SSSR count). The SMILES string of the molecule is COc1cccc2[nH]c(C(=O)N[C@@H](Cc3cccc(F)c3)C(=O)C3C[C@]4(C[C@H]3C#N)C(=O)Nc3ccccc34)cc12. The molecule has 1 aliphatic carbocycles. The first-order valence-electron chi connectivity index (χ1n) is 13.4. The number of ether oxygens (including phenoxy) is 1. The minimum atomic E-state index is -1.06. The van der Waals surface area contributed by atoms with Crippen LogP contribution in [0, 0.1) is 29.0 Å². The maximum absolute atomic E-state index is 14.2. The highest BCUT2D eigenvalue weighted by Crippen LogP contribution is 2.53. The van der Waals surface area contributed by atoms with Gasteiger partial charge in [-0.3, -0.25) is 14.4 Å². The van der Waals surface area contributed by atoms with Gasteiger partial charge in [0.15, 0.2) is 5.78 Å². The number of ketones is 1. The second-order valence-corrected chi connectivity index (χ2v) is 10.7. The fraction of sp³-hybridized carbons (Fsp3) is 0.250. The Balaban J connectivity index is 1.33. The first kappa shape index (κ1) is 26.3. The summed E-state index contributed by atoms with van der Waals surface area (Å²) in [5.41, 5.74) is 1.89. The van der Waals surface area contributed by atoms with Gasteiger partial charge in [-0.2, -0.15) is 5.26 Å². The smallest absolute Gasteiger partial charge is 0.268 e. The lowest BCUT2D eigenvalue weighted by atomic mass is 9.78. The molecule has 4 atom stereocenters. The van der Waals surface area contributed by atoms with Crippen LogP contribution in [-0.2, 0) is 21.4 Å². The van der Waals surface area contributed by atoms with Crippen LogP contribution in [0.5, 0.6) is 5.75 Å². The van der Waals surface area contributed by atoms with E-state index in [0.29, 0.717) is 27.9 Å². The molecule has 0 saturated heterocycles. The molecule has 41 heavy (non-hydrogen) atoms. The molecule has 1 saturated carbocycles. The number of rotatable bonds is 7. The van der Waals surface area contributed by atoms with E-state index in [4.69, 9.17) is 4.74 Å². The lowest BCUT2D eigenvalue weighted by Crippen LogP contribution is -2.46. The number of benzene rings is 3. The molecule has 1 spiro atoms. The molecule has 2 amide bonds. The number of nitrogens with zero attached hydrogens (tertiary/aromatic N) is 1. The molecule has 2 aliphatic rings. The van der Waals surface area contributed by atoms with Gasteiger partial charge in [-0.25, -0.2) is 4.39 Å². The normalized spacial score (nSPS) is 21.7. The van der Waals surface area contributed by atoms with E-state index in [-0.39, 0.29) is 36.6 Å². The molecule has 206 valence electrons. The average Bonchev–Trinajstić information content (AvgIpc) is 3.66. The van der Waals surface area contributed by atoms with Crippen molar-refractivity contribution >= 4 is 34.2 Å². The number of aromatic amines is 1. The van der Waals surface area contributed by atoms with Crippen molar-refractivity contribution in [3.05, 3.63) is 95.4 Å². The van der Waals surface area contributed by atoms with Crippen LogP contribution >= 0.6 is 0 Å². The van der Waals surface area contributed by atoms with Crippen LogP contribution in [0.4, 0.5) is 10.1 Å². The first-order valence-corrected chi connectivity index (χ1v) is 13.4. The highest BCUT2D eigenvalue weighted by atomic mass is 19.1. The van der Waals surface area contributed by atoms with Gasteiger partial charge in [0.2, 0.25) is 5.91 Å². The van der Waals surface area contributed by atoms with Crippen molar-refractivity contribution < 1.29 is 23.5 Å². The Bertz CT molecular complexity index is 1740. The van der Waals surface area contributed by atoms with E-state index >= 15 is 0 Å². The van der Waals surface area contributed by atoms with E-state index < -0.39 is 35.0 Å². The summed E-state index contributed by atoms with van der Waals surface area (Å²) in [6, 6.07) is 21.4. The Kier molecular flexibility index (Phi) is 6.54. The van der Waals surface area contributed by atoms with Gasteiger partial charge in [-0.1, -0.05) is 36.4 Å². The number of H-pyrrole nitrogens is 1. The summed E-state index contributed by atoms with van der Waals surface area (Å²) in [4.78, 5) is 44.0. The summed E-state index contributed by atoms with van der Waals surface area (Å²) in [7, 11) is 1.54. The highest BCUT2D eigenvalue weighted by Gasteiger charge is 2.57. The standard InChI is InChI=1S/C32H27FN4O4/c1-41-28-11-5-10-24-21(28)14-27(35-24)30(39)36-26(13-18-6-4-7-20(33)12-18)29(38)22-16-32(15-19(22)17-34)23-8-2-3-9-25(23)37-31(32)40/h2-12,14,19,22,26,35H,13,15-16H2,1H3,(H,36,39)(H,37,40)/t19-,22?,26-,32-/m0/s1. The molecule has 2 heterocycles. The van der Waals surface area contributed by atoms with Crippen LogP contribution in [0.15, 0.2) is 72.8 Å². The number of carbonyl (C=O) groups excluding carboxylic acids is 3. The molecule has 1 unspecified atom stereocenters. The number of nitriles is 1. The lowest BCUT2D eigenvalue weighted by Gasteiger charge is -2.24. The van der Waals surface area contributed by atoms with Crippen molar-refractivity contribution in [3.8, 4) is 11.8 Å². The number of carbonyl (C=O) groups is 3. The number of amides is 2. The summed E-state index contributed by atoms with van der Waals surface area (Å²) >= 11 is 0. The number of Topliss-reactive ketones (excluding diaryl/α,β-unsaturated/α-hetero) is 1. The predicted octanol–water partition coefficient (Wildman–Crippen LogP) is 4.67. The Morgan fingerprint density at radius 1 is 1.12 bits per heavy atom. The van der Waals surface area contributed by atoms with Crippen molar-refractivity contribution in [2.24, 2.45) is 11.8 Å². The lowest BCUT2D eigenvalue weighted by molar-refractivity contribution is -0.125. The van der Waals surface area contributed by atoms with Gasteiger partial charge in [0.05, 0.1) is 30.6 Å². The number of methoxy groups -OCH3 is 1. The number of hydrogen-bond acceptors (Lipinski definition) is 5. The number of nitrogens with one attached hydrogen (secondary N) is 3. The number of hydrogen-bond donors (Lipinski definition) is 3. The summed E-state index contributed by atoms with van der Waals surface area (Å²) in [5, 5.41) is 16.5. The molecule has 0 radical (unpaired) electrons. The second-order valence-electron chi connectivity index (χ2n) is 10.7. The van der Waals surface area contributed by atoms with Gasteiger partial charge in [-0.15, -0.1) is 0 Å². The third-order valence-corrected chi connectivity index (χ3v) is 8.35. The van der Waals surface area contributed by atoms with Crippen LogP contribution in [0.25, 0.3) is 10.9 Å². The molecule has 4 aromatic rings. The topological polar surface area (TPSA) is 124 Å². The third-order valence-electron chi connectivity index (χ3n) is 8.35. The van der Waals surface area contributed by atoms with E-state index in [1.807, 2.05) is 24.3 Å². The maximum Gasteiger partial charge on any atom is 0.268 e. The van der Waals surface area contributed by atoms with Crippen molar-refractivity contribution in [3.63, 3.8) is 0 Å². The van der Waals surface area contributed by atoms with Crippen molar-refractivity contribution in [1.82, 2.24) is 10.3 Å². The van der Waals surface area contributed by atoms with Crippen molar-refractivity contribution in [2.75, 3.05) is 12.4 Å². The average molecular weight is 551 g/mol. The molecular formula is C32H27FN4O4. The zero-order valence-corrected chi connectivity index (χ0v) is 22.2. The molecule has 1 fully saturated rings. The van der Waals surface area contributed by atoms with Crippen LogP contribution < -0.4 is 15.4 Å². The molecule has 3 aromatic carbocycles. The third kappa shape index (κ3) is 4.51. The van der Waals surface area contributed by atoms with E-state index in [1.54, 1.807) is 36.4 Å². The van der Waals surface area contributed by atoms with Crippen molar-refractivity contribution in [2.45, 2.75) is 30.7 Å². The van der Waals surface area contributed by atoms with Gasteiger partial charge in [-0.05, 0) is 66.8 Å². The van der Waals surface area contributed by atoms with Crippen LogP contribution in [-0.4, -0.2) is 35.7 Å². The molecule has 3 N–H and O–H groups in total. The molecule has 9 heteroatoms. The van der Waals surface area contributed by atoms with Crippen molar-refractivity contribution in [1.29, 1.82) is 5.26 Å². The van der Waals surface area contributed by atoms with Gasteiger partial charge >= 0.3 is 0 Å². The second kappa shape index (κ2) is 10.2. The molecular weight excluding hydrogens is 523 g/mol. The molecule has 1 aromatic heterocycles. The number of para-hydroxylation sites is 1. The molecule has 0 bridgehead atoms. The molecule has 8 nitrogen and oxygen atoms in total. The summed E-state index contributed by atoms with van der Waals surface area (Å²) in [6.07, 6.45) is 0.369. The number of fused-ring (bicyclic) bond motifs is 3. The Hall–Kier alpha value is -4.97. The maximum atomic E-state index is 14.2. The van der Waals surface area contributed by atoms with Gasteiger partial charge in [0, 0.05) is 22.5 Å². The predicted molar refractivity (Wildman–Crippen MR) is 150 cm³/mol. The summed E-state index contributed by atoms with van der Waals surface area (Å²) in [5.74, 6) is -2.53. The van der Waals surface area contributed by atoms with Gasteiger partial charge in [0.1, 0.15) is 17.3 Å². The number of aromatic nitrogens is 1. The van der Waals surface area contributed by atoms with E-state index in [0.717, 1.165) is 5.56 Å². The van der Waals surface area contributed by atoms with E-state index in [2.05, 4.69) is 21.7 Å². The van der Waals surface area contributed by atoms with Crippen LogP contribution in [0.2, 0.25) is 0 Å². The fourth-order valence-electron chi connectivity index (χ4n) is 6.38. The van der Waals surface area contributed by atoms with Gasteiger partial charge < -0.3 is 20.4 Å². The highest BCUT2D eigenvalue weighted by molar-refractivity contribution is 6.08. The fourth-order valence-corrected chi connectivity index (χ4v) is 6.38. The Morgan fingerprint density at radius 3 is 2.71 bits per heavy atom. The largest absolute Gasteiger partial charge is 0.496 e. The summed E-state index contributed by atoms with van der Waals surface area (Å²) in [6.45, 7) is 0. The zero-order chi connectivity index (χ0) is 28.7. The van der Waals surface area contributed by atoms with E-state index in [9.17, 15) is 24.0 Å². The van der Waals surface area contributed by atoms with Crippen LogP contribution in [0.3, 0.4) is 0 Å². The monoisotopic (exact) mass is 550 g/mol. The van der Waals surface area contributed by atoms with Gasteiger partial charge in [0.25, 0.3) is 5.91 Å². The summed E-state index contributed by atoms with van der Waals surface area (Å²) < 4.78 is 19.5. The zero-order valence-electron chi connectivity index (χ0n) is 22.2. The van der Waals surface area contributed by atoms with Crippen LogP contribution in [0.1, 0.15) is 34.5 Å². The first-order chi connectivity index (χ1) is 19.8. The Labute approximate surface area is 235 Å². The number of anilines is 1. The quantitative estimate of drug-likeness (QED) is 0.309. The molecule has 1 aliphatic heterocycles. The van der Waals surface area contributed by atoms with E-state index in [1.165, 1.54) is 19.2 Å².